The molecule has 1 aliphatic carbocycles. The second kappa shape index (κ2) is 6.12. The molecule has 0 heterocycles. The Morgan fingerprint density at radius 3 is 2.33 bits per heavy atom. The van der Waals surface area contributed by atoms with Crippen LogP contribution in [0.2, 0.25) is 0 Å². The first-order valence-electron chi connectivity index (χ1n) is 8.82. The fourth-order valence-electron chi connectivity index (χ4n) is 3.48. The van der Waals surface area contributed by atoms with Crippen LogP contribution in [0.1, 0.15) is 47.1 Å². The second-order valence-corrected chi connectivity index (χ2v) is 8.19. The van der Waals surface area contributed by atoms with E-state index in [1.165, 1.54) is 33.1 Å². The molecule has 3 rings (SSSR count). The van der Waals surface area contributed by atoms with E-state index in [9.17, 15) is 0 Å². The van der Waals surface area contributed by atoms with Crippen LogP contribution in [0.15, 0.2) is 53.6 Å². The average Bonchev–Trinajstić information content (AvgIpc) is 2.77. The molecule has 2 aromatic rings. The van der Waals surface area contributed by atoms with Crippen molar-refractivity contribution in [3.63, 3.8) is 0 Å². The van der Waals surface area contributed by atoms with Crippen molar-refractivity contribution in [1.82, 2.24) is 0 Å². The molecular formula is C23H28O. The fraction of sp³-hybridized carbons (Fsp3) is 0.391. The number of fused-ring (bicyclic) bond motifs is 1. The van der Waals surface area contributed by atoms with Crippen LogP contribution in [-0.2, 0) is 0 Å². The molecule has 1 atom stereocenters. The van der Waals surface area contributed by atoms with Crippen LogP contribution in [0.4, 0.5) is 0 Å². The predicted molar refractivity (Wildman–Crippen MR) is 104 cm³/mol. The van der Waals surface area contributed by atoms with E-state index in [2.05, 4.69) is 84.0 Å². The number of benzene rings is 2. The number of hydrogen-bond donors (Lipinski definition) is 0. The third kappa shape index (κ3) is 3.13. The van der Waals surface area contributed by atoms with Crippen molar-refractivity contribution in [3.8, 4) is 5.75 Å². The van der Waals surface area contributed by atoms with Gasteiger partial charge in [0.1, 0.15) is 5.75 Å². The van der Waals surface area contributed by atoms with Gasteiger partial charge in [0.2, 0.25) is 0 Å². The first kappa shape index (κ1) is 16.8. The van der Waals surface area contributed by atoms with Gasteiger partial charge in [-0.2, -0.15) is 0 Å². The van der Waals surface area contributed by atoms with Gasteiger partial charge in [0.15, 0.2) is 0 Å². The van der Waals surface area contributed by atoms with E-state index in [0.29, 0.717) is 12.5 Å². The highest BCUT2D eigenvalue weighted by Crippen LogP contribution is 2.44. The topological polar surface area (TPSA) is 9.23 Å². The Balaban J connectivity index is 2.18. The molecule has 1 nitrogen and oxygen atoms in total. The molecule has 24 heavy (non-hydrogen) atoms. The zero-order chi connectivity index (χ0) is 17.5. The maximum absolute atomic E-state index is 6.40. The van der Waals surface area contributed by atoms with Gasteiger partial charge < -0.3 is 4.74 Å². The number of rotatable bonds is 3. The lowest BCUT2D eigenvalue weighted by molar-refractivity contribution is 0.199. The Kier molecular flexibility index (Phi) is 4.29. The molecular weight excluding hydrogens is 292 g/mol. The predicted octanol–water partition coefficient (Wildman–Crippen LogP) is 6.63. The van der Waals surface area contributed by atoms with Crippen LogP contribution in [0.25, 0.3) is 16.3 Å². The summed E-state index contributed by atoms with van der Waals surface area (Å²) >= 11 is 0. The minimum absolute atomic E-state index is 0.132. The molecule has 0 spiro atoms. The van der Waals surface area contributed by atoms with Crippen LogP contribution >= 0.6 is 0 Å². The van der Waals surface area contributed by atoms with Crippen molar-refractivity contribution >= 4 is 16.3 Å². The van der Waals surface area contributed by atoms with Crippen molar-refractivity contribution in [2.45, 2.75) is 41.5 Å². The molecule has 1 heteroatoms. The zero-order valence-electron chi connectivity index (χ0n) is 15.7. The fourth-order valence-corrected chi connectivity index (χ4v) is 3.48. The molecule has 0 amide bonds. The van der Waals surface area contributed by atoms with Crippen molar-refractivity contribution in [2.75, 3.05) is 6.61 Å². The van der Waals surface area contributed by atoms with Gasteiger partial charge in [-0.25, -0.2) is 0 Å². The highest BCUT2D eigenvalue weighted by molar-refractivity contribution is 5.95. The smallest absolute Gasteiger partial charge is 0.134 e. The molecule has 0 saturated heterocycles. The van der Waals surface area contributed by atoms with Gasteiger partial charge in [0, 0.05) is 16.9 Å². The van der Waals surface area contributed by atoms with Crippen LogP contribution in [0, 0.1) is 11.3 Å². The summed E-state index contributed by atoms with van der Waals surface area (Å²) in [6, 6.07) is 13.0. The molecule has 2 aromatic carbocycles. The minimum Gasteiger partial charge on any atom is -0.492 e. The summed E-state index contributed by atoms with van der Waals surface area (Å²) in [4.78, 5) is 0. The molecule has 126 valence electrons. The van der Waals surface area contributed by atoms with E-state index in [4.69, 9.17) is 4.74 Å². The molecule has 0 bridgehead atoms. The monoisotopic (exact) mass is 320 g/mol. The van der Waals surface area contributed by atoms with E-state index < -0.39 is 0 Å². The summed E-state index contributed by atoms with van der Waals surface area (Å²) in [5, 5.41) is 2.44. The minimum atomic E-state index is 0.132. The maximum atomic E-state index is 6.40. The van der Waals surface area contributed by atoms with Gasteiger partial charge in [-0.05, 0) is 35.8 Å². The highest BCUT2D eigenvalue weighted by Gasteiger charge is 2.24. The highest BCUT2D eigenvalue weighted by atomic mass is 16.5. The average molecular weight is 320 g/mol. The Bertz CT molecular complexity index is 831. The normalized spacial score (nSPS) is 18.2. The number of hydrogen-bond acceptors (Lipinski definition) is 1. The maximum Gasteiger partial charge on any atom is 0.134 e. The largest absolute Gasteiger partial charge is 0.492 e. The van der Waals surface area contributed by atoms with Gasteiger partial charge in [0.05, 0.1) is 6.61 Å². The molecule has 1 unspecified atom stereocenters. The molecule has 0 aliphatic heterocycles. The summed E-state index contributed by atoms with van der Waals surface area (Å²) in [6.07, 6.45) is 2.35. The van der Waals surface area contributed by atoms with E-state index in [1.807, 2.05) is 0 Å². The molecule has 0 radical (unpaired) electrons. The van der Waals surface area contributed by atoms with E-state index in [-0.39, 0.29) is 5.41 Å². The summed E-state index contributed by atoms with van der Waals surface area (Å²) in [5.41, 5.74) is 5.55. The SMILES string of the molecule is CC1=CC(C)C(c2ccc3ccccc3c2OCC(C)(C)C)=C1C. The Morgan fingerprint density at radius 1 is 1.00 bits per heavy atom. The number of ether oxygens (including phenoxy) is 1. The van der Waals surface area contributed by atoms with Crippen molar-refractivity contribution in [1.29, 1.82) is 0 Å². The van der Waals surface area contributed by atoms with E-state index in [0.717, 1.165) is 5.75 Å². The summed E-state index contributed by atoms with van der Waals surface area (Å²) in [5.74, 6) is 1.47. The molecule has 1 aliphatic rings. The first-order chi connectivity index (χ1) is 11.3. The Morgan fingerprint density at radius 2 is 1.71 bits per heavy atom. The Hall–Kier alpha value is -2.02. The van der Waals surface area contributed by atoms with Crippen LogP contribution in [0.3, 0.4) is 0 Å². The number of allylic oxidation sites excluding steroid dienone is 4. The Labute approximate surface area is 146 Å². The first-order valence-corrected chi connectivity index (χ1v) is 8.82. The zero-order valence-corrected chi connectivity index (χ0v) is 15.7. The summed E-state index contributed by atoms with van der Waals surface area (Å²) in [7, 11) is 0. The lowest BCUT2D eigenvalue weighted by atomic mass is 9.91. The van der Waals surface area contributed by atoms with Crippen LogP contribution in [-0.4, -0.2) is 6.61 Å². The molecule has 0 saturated carbocycles. The summed E-state index contributed by atoms with van der Waals surface area (Å²) < 4.78 is 6.40. The van der Waals surface area contributed by atoms with Crippen molar-refractivity contribution in [2.24, 2.45) is 11.3 Å². The van der Waals surface area contributed by atoms with Gasteiger partial charge in [-0.3, -0.25) is 0 Å². The molecule has 0 N–H and O–H groups in total. The summed E-state index contributed by atoms with van der Waals surface area (Å²) in [6.45, 7) is 14.1. The van der Waals surface area contributed by atoms with E-state index >= 15 is 0 Å². The molecule has 0 fully saturated rings. The van der Waals surface area contributed by atoms with E-state index in [1.54, 1.807) is 0 Å². The lowest BCUT2D eigenvalue weighted by Gasteiger charge is -2.23. The van der Waals surface area contributed by atoms with Gasteiger partial charge in [0.25, 0.3) is 0 Å². The molecule has 0 aromatic heterocycles. The van der Waals surface area contributed by atoms with Gasteiger partial charge in [-0.15, -0.1) is 0 Å². The van der Waals surface area contributed by atoms with Crippen molar-refractivity contribution in [3.05, 3.63) is 59.2 Å². The quantitative estimate of drug-likeness (QED) is 0.616. The van der Waals surface area contributed by atoms with Crippen LogP contribution in [0.5, 0.6) is 5.75 Å². The lowest BCUT2D eigenvalue weighted by Crippen LogP contribution is -2.17. The second-order valence-electron chi connectivity index (χ2n) is 8.19. The standard InChI is InChI=1S/C23H28O/c1-15-13-16(2)21(17(15)3)20-12-11-18-9-7-8-10-19(18)22(20)24-14-23(4,5)6/h7-13,16H,14H2,1-6H3. The van der Waals surface area contributed by atoms with Gasteiger partial charge >= 0.3 is 0 Å². The van der Waals surface area contributed by atoms with Crippen LogP contribution < -0.4 is 4.74 Å². The third-order valence-electron chi connectivity index (χ3n) is 4.77. The third-order valence-corrected chi connectivity index (χ3v) is 4.77. The van der Waals surface area contributed by atoms with Gasteiger partial charge in [-0.1, -0.05) is 75.7 Å². The van der Waals surface area contributed by atoms with Crippen molar-refractivity contribution < 1.29 is 4.74 Å².